The number of nitrogens with one attached hydrogen (secondary N) is 1. The third-order valence-corrected chi connectivity index (χ3v) is 3.00. The lowest BCUT2D eigenvalue weighted by Gasteiger charge is -2.21. The number of aryl methyl sites for hydroxylation is 2. The molecule has 0 spiro atoms. The fourth-order valence-corrected chi connectivity index (χ4v) is 2.09. The Morgan fingerprint density at radius 2 is 2.06 bits per heavy atom. The van der Waals surface area contributed by atoms with E-state index >= 15 is 0 Å². The van der Waals surface area contributed by atoms with Gasteiger partial charge in [0, 0.05) is 6.04 Å². The maximum absolute atomic E-state index is 4.04. The van der Waals surface area contributed by atoms with Crippen LogP contribution in [-0.2, 0) is 0 Å². The molecule has 0 fully saturated rings. The molecule has 17 heavy (non-hydrogen) atoms. The standard InChI is InChI=1S/C16H25N/c1-6-9-17-16(10-12(2)3)15-11-13(4)7-8-14(15)5/h7-8,11,16-17H,2,6,9-10H2,1,3-5H3. The summed E-state index contributed by atoms with van der Waals surface area (Å²) in [7, 11) is 0. The summed E-state index contributed by atoms with van der Waals surface area (Å²) in [6.45, 7) is 13.7. The third kappa shape index (κ3) is 4.35. The van der Waals surface area contributed by atoms with E-state index in [1.165, 1.54) is 22.3 Å². The van der Waals surface area contributed by atoms with Crippen LogP contribution in [0.4, 0.5) is 0 Å². The van der Waals surface area contributed by atoms with E-state index in [0.29, 0.717) is 6.04 Å². The maximum Gasteiger partial charge on any atom is 0.0360 e. The van der Waals surface area contributed by atoms with E-state index in [-0.39, 0.29) is 0 Å². The molecular weight excluding hydrogens is 206 g/mol. The van der Waals surface area contributed by atoms with Crippen LogP contribution in [0.15, 0.2) is 30.4 Å². The SMILES string of the molecule is C=C(C)CC(NCCC)c1cc(C)ccc1C. The average molecular weight is 231 g/mol. The molecule has 0 saturated carbocycles. The highest BCUT2D eigenvalue weighted by molar-refractivity contribution is 5.33. The molecule has 0 radical (unpaired) electrons. The summed E-state index contributed by atoms with van der Waals surface area (Å²) in [6.07, 6.45) is 2.18. The zero-order chi connectivity index (χ0) is 12.8. The molecule has 1 rings (SSSR count). The topological polar surface area (TPSA) is 12.0 Å². The van der Waals surface area contributed by atoms with Crippen molar-refractivity contribution in [3.05, 3.63) is 47.0 Å². The fraction of sp³-hybridized carbons (Fsp3) is 0.500. The van der Waals surface area contributed by atoms with Crippen molar-refractivity contribution in [1.82, 2.24) is 5.32 Å². The predicted molar refractivity (Wildman–Crippen MR) is 76.4 cm³/mol. The highest BCUT2D eigenvalue weighted by atomic mass is 14.9. The first kappa shape index (κ1) is 14.0. The van der Waals surface area contributed by atoms with Gasteiger partial charge in [0.25, 0.3) is 0 Å². The first-order chi connectivity index (χ1) is 8.04. The van der Waals surface area contributed by atoms with E-state index in [1.54, 1.807) is 0 Å². The molecule has 1 aromatic carbocycles. The maximum atomic E-state index is 4.04. The third-order valence-electron chi connectivity index (χ3n) is 3.00. The minimum atomic E-state index is 0.410. The van der Waals surface area contributed by atoms with Crippen molar-refractivity contribution in [1.29, 1.82) is 0 Å². The lowest BCUT2D eigenvalue weighted by Crippen LogP contribution is -2.23. The van der Waals surface area contributed by atoms with Crippen molar-refractivity contribution in [2.45, 2.75) is 46.6 Å². The average Bonchev–Trinajstić information content (AvgIpc) is 2.27. The van der Waals surface area contributed by atoms with E-state index in [1.807, 2.05) is 0 Å². The van der Waals surface area contributed by atoms with Crippen LogP contribution in [-0.4, -0.2) is 6.54 Å². The molecule has 0 aliphatic carbocycles. The molecule has 0 aliphatic heterocycles. The molecule has 0 bridgehead atoms. The largest absolute Gasteiger partial charge is 0.310 e. The molecule has 1 N–H and O–H groups in total. The monoisotopic (exact) mass is 231 g/mol. The van der Waals surface area contributed by atoms with Gasteiger partial charge in [-0.3, -0.25) is 0 Å². The summed E-state index contributed by atoms with van der Waals surface area (Å²) in [5.74, 6) is 0. The molecule has 94 valence electrons. The lowest BCUT2D eigenvalue weighted by molar-refractivity contribution is 0.525. The normalized spacial score (nSPS) is 12.5. The van der Waals surface area contributed by atoms with E-state index in [2.05, 4.69) is 57.8 Å². The molecule has 1 aromatic rings. The van der Waals surface area contributed by atoms with Crippen LogP contribution in [0.5, 0.6) is 0 Å². The number of hydrogen-bond acceptors (Lipinski definition) is 1. The highest BCUT2D eigenvalue weighted by Gasteiger charge is 2.13. The van der Waals surface area contributed by atoms with Crippen molar-refractivity contribution in [2.24, 2.45) is 0 Å². The molecule has 1 heteroatoms. The molecule has 1 unspecified atom stereocenters. The lowest BCUT2D eigenvalue weighted by atomic mass is 9.94. The van der Waals surface area contributed by atoms with Crippen LogP contribution in [0.2, 0.25) is 0 Å². The molecular formula is C16H25N. The summed E-state index contributed by atoms with van der Waals surface area (Å²) < 4.78 is 0. The molecule has 1 atom stereocenters. The zero-order valence-electron chi connectivity index (χ0n) is 11.6. The molecule has 1 nitrogen and oxygen atoms in total. The second kappa shape index (κ2) is 6.61. The van der Waals surface area contributed by atoms with Gasteiger partial charge in [-0.25, -0.2) is 0 Å². The van der Waals surface area contributed by atoms with Gasteiger partial charge in [0.15, 0.2) is 0 Å². The van der Waals surface area contributed by atoms with Crippen molar-refractivity contribution in [2.75, 3.05) is 6.54 Å². The number of rotatable bonds is 6. The van der Waals surface area contributed by atoms with Gasteiger partial charge < -0.3 is 5.32 Å². The van der Waals surface area contributed by atoms with E-state index in [4.69, 9.17) is 0 Å². The first-order valence-electron chi connectivity index (χ1n) is 6.49. The minimum Gasteiger partial charge on any atom is -0.310 e. The van der Waals surface area contributed by atoms with Crippen LogP contribution >= 0.6 is 0 Å². The van der Waals surface area contributed by atoms with Crippen molar-refractivity contribution in [3.8, 4) is 0 Å². The summed E-state index contributed by atoms with van der Waals surface area (Å²) in [5.41, 5.74) is 5.35. The summed E-state index contributed by atoms with van der Waals surface area (Å²) in [4.78, 5) is 0. The highest BCUT2D eigenvalue weighted by Crippen LogP contribution is 2.24. The Balaban J connectivity index is 2.93. The van der Waals surface area contributed by atoms with Gasteiger partial charge in [-0.05, 0) is 51.3 Å². The smallest absolute Gasteiger partial charge is 0.0360 e. The second-order valence-electron chi connectivity index (χ2n) is 5.03. The van der Waals surface area contributed by atoms with E-state index < -0.39 is 0 Å². The van der Waals surface area contributed by atoms with Crippen molar-refractivity contribution < 1.29 is 0 Å². The molecule has 0 heterocycles. The van der Waals surface area contributed by atoms with Gasteiger partial charge in [0.1, 0.15) is 0 Å². The Morgan fingerprint density at radius 1 is 1.35 bits per heavy atom. The van der Waals surface area contributed by atoms with Crippen LogP contribution < -0.4 is 5.32 Å². The summed E-state index contributed by atoms with van der Waals surface area (Å²) in [5, 5.41) is 3.62. The van der Waals surface area contributed by atoms with Gasteiger partial charge in [0.05, 0.1) is 0 Å². The predicted octanol–water partition coefficient (Wildman–Crippen LogP) is 4.31. The van der Waals surface area contributed by atoms with Crippen LogP contribution in [0.25, 0.3) is 0 Å². The zero-order valence-corrected chi connectivity index (χ0v) is 11.6. The van der Waals surface area contributed by atoms with Crippen LogP contribution in [0, 0.1) is 13.8 Å². The Bertz CT molecular complexity index is 379. The quantitative estimate of drug-likeness (QED) is 0.719. The van der Waals surface area contributed by atoms with Crippen LogP contribution in [0.3, 0.4) is 0 Å². The van der Waals surface area contributed by atoms with Gasteiger partial charge in [-0.1, -0.05) is 36.3 Å². The fourth-order valence-electron chi connectivity index (χ4n) is 2.09. The molecule has 0 aromatic heterocycles. The minimum absolute atomic E-state index is 0.410. The molecule has 0 aliphatic rings. The van der Waals surface area contributed by atoms with Gasteiger partial charge in [0.2, 0.25) is 0 Å². The van der Waals surface area contributed by atoms with E-state index in [9.17, 15) is 0 Å². The second-order valence-corrected chi connectivity index (χ2v) is 5.03. The van der Waals surface area contributed by atoms with Crippen LogP contribution in [0.1, 0.15) is 49.4 Å². The first-order valence-corrected chi connectivity index (χ1v) is 6.49. The van der Waals surface area contributed by atoms with Crippen molar-refractivity contribution >= 4 is 0 Å². The Hall–Kier alpha value is -1.08. The molecule has 0 saturated heterocycles. The van der Waals surface area contributed by atoms with Gasteiger partial charge in [-0.2, -0.15) is 0 Å². The molecule has 0 amide bonds. The van der Waals surface area contributed by atoms with E-state index in [0.717, 1.165) is 19.4 Å². The van der Waals surface area contributed by atoms with Crippen molar-refractivity contribution in [3.63, 3.8) is 0 Å². The number of hydrogen-bond donors (Lipinski definition) is 1. The Morgan fingerprint density at radius 3 is 2.65 bits per heavy atom. The number of benzene rings is 1. The Labute approximate surface area is 106 Å². The van der Waals surface area contributed by atoms with Gasteiger partial charge in [-0.15, -0.1) is 6.58 Å². The van der Waals surface area contributed by atoms with Gasteiger partial charge >= 0.3 is 0 Å². The Kier molecular flexibility index (Phi) is 5.43. The summed E-state index contributed by atoms with van der Waals surface area (Å²) >= 11 is 0. The summed E-state index contributed by atoms with van der Waals surface area (Å²) in [6, 6.07) is 7.10.